The number of hydrogen-bond donors (Lipinski definition) is 0. The van der Waals surface area contributed by atoms with Gasteiger partial charge in [-0.1, -0.05) is 76.4 Å². The maximum atomic E-state index is 12.1. The first-order chi connectivity index (χ1) is 15.6. The van der Waals surface area contributed by atoms with E-state index in [1.165, 1.54) is 58.1 Å². The third-order valence-electron chi connectivity index (χ3n) is 5.95. The van der Waals surface area contributed by atoms with Crippen molar-refractivity contribution in [3.05, 3.63) is 48.1 Å². The van der Waals surface area contributed by atoms with Crippen molar-refractivity contribution in [2.24, 2.45) is 0 Å². The van der Waals surface area contributed by atoms with Gasteiger partial charge in [0.25, 0.3) is 0 Å². The van der Waals surface area contributed by atoms with Crippen LogP contribution in [0.2, 0.25) is 0 Å². The van der Waals surface area contributed by atoms with Crippen molar-refractivity contribution in [3.63, 3.8) is 0 Å². The summed E-state index contributed by atoms with van der Waals surface area (Å²) in [5, 5.41) is 0. The largest absolute Gasteiger partial charge is 0.463 e. The topological polar surface area (TPSA) is 73.6 Å². The highest BCUT2D eigenvalue weighted by Gasteiger charge is 2.19. The summed E-state index contributed by atoms with van der Waals surface area (Å²) < 4.78 is 9.83. The molecule has 0 saturated carbocycles. The highest BCUT2D eigenvalue weighted by molar-refractivity contribution is 5.95. The smallest absolute Gasteiger partial charge is 0.373 e. The number of carbonyl (C=O) groups excluding carboxylic acids is 3. The molecule has 1 aliphatic carbocycles. The molecule has 0 amide bonds. The number of allylic oxidation sites excluding steroid dienone is 2. The molecule has 176 valence electrons. The lowest BCUT2D eigenvalue weighted by molar-refractivity contribution is -0.117. The lowest BCUT2D eigenvalue weighted by Gasteiger charge is -2.06. The predicted molar refractivity (Wildman–Crippen MR) is 125 cm³/mol. The van der Waals surface area contributed by atoms with Crippen LogP contribution in [0.4, 0.5) is 0 Å². The van der Waals surface area contributed by atoms with Crippen molar-refractivity contribution in [2.75, 3.05) is 7.11 Å². The first kappa shape index (κ1) is 26.1. The molecule has 5 heteroatoms. The Balaban J connectivity index is 1.33. The van der Waals surface area contributed by atoms with E-state index in [4.69, 9.17) is 4.42 Å². The molecule has 0 saturated heterocycles. The van der Waals surface area contributed by atoms with Crippen molar-refractivity contribution < 1.29 is 23.5 Å². The fraction of sp³-hybridized carbons (Fsp3) is 0.593. The number of carbonyl (C=O) groups is 3. The molecule has 1 aromatic heterocycles. The van der Waals surface area contributed by atoms with Crippen LogP contribution in [0.3, 0.4) is 0 Å². The molecule has 0 spiro atoms. The molecule has 32 heavy (non-hydrogen) atoms. The molecular weight excluding hydrogens is 404 g/mol. The molecule has 2 radical (unpaired) electrons. The fourth-order valence-corrected chi connectivity index (χ4v) is 3.97. The third kappa shape index (κ3) is 9.97. The number of furan rings is 1. The van der Waals surface area contributed by atoms with Crippen LogP contribution in [0.1, 0.15) is 117 Å². The summed E-state index contributed by atoms with van der Waals surface area (Å²) in [5.41, 5.74) is 0. The second-order valence-corrected chi connectivity index (χ2v) is 8.57. The maximum Gasteiger partial charge on any atom is 0.373 e. The first-order valence-electron chi connectivity index (χ1n) is 12.2. The van der Waals surface area contributed by atoms with E-state index in [9.17, 15) is 14.4 Å². The zero-order valence-electron chi connectivity index (χ0n) is 19.5. The van der Waals surface area contributed by atoms with Crippen molar-refractivity contribution in [1.29, 1.82) is 0 Å². The van der Waals surface area contributed by atoms with Crippen LogP contribution < -0.4 is 0 Å². The molecule has 0 bridgehead atoms. The van der Waals surface area contributed by atoms with Crippen LogP contribution in [0.25, 0.3) is 0 Å². The van der Waals surface area contributed by atoms with Crippen molar-refractivity contribution in [2.45, 2.75) is 96.3 Å². The zero-order chi connectivity index (χ0) is 23.0. The van der Waals surface area contributed by atoms with Gasteiger partial charge in [-0.25, -0.2) is 4.79 Å². The number of methoxy groups -OCH3 is 1. The van der Waals surface area contributed by atoms with Crippen LogP contribution in [-0.4, -0.2) is 24.6 Å². The summed E-state index contributed by atoms with van der Waals surface area (Å²) in [4.78, 5) is 35.4. The molecule has 5 nitrogen and oxygen atoms in total. The van der Waals surface area contributed by atoms with Crippen LogP contribution in [0, 0.1) is 12.3 Å². The third-order valence-corrected chi connectivity index (χ3v) is 5.95. The Hall–Kier alpha value is -2.17. The van der Waals surface area contributed by atoms with Crippen LogP contribution in [0.5, 0.6) is 0 Å². The summed E-state index contributed by atoms with van der Waals surface area (Å²) in [6, 6.07) is 3.02. The second kappa shape index (κ2) is 15.6. The number of rotatable bonds is 18. The highest BCUT2D eigenvalue weighted by atomic mass is 16.5. The standard InChI is InChI=1S/C27H38O5/c1-31-27(30)26-21-20-25(32-26)24(29)19-13-11-9-7-5-3-2-4-6-8-10-12-18-23(28)22-16-14-15-17-22/h14-16,20-21H,2-13,17-19H2,1H3. The monoisotopic (exact) mass is 442 g/mol. The van der Waals surface area contributed by atoms with Gasteiger partial charge in [-0.3, -0.25) is 9.59 Å². The second-order valence-electron chi connectivity index (χ2n) is 8.57. The minimum Gasteiger partial charge on any atom is -0.463 e. The van der Waals surface area contributed by atoms with Gasteiger partial charge >= 0.3 is 5.97 Å². The zero-order valence-corrected chi connectivity index (χ0v) is 19.5. The molecule has 1 aromatic rings. The number of ether oxygens (including phenoxy) is 1. The Bertz CT molecular complexity index is 722. The summed E-state index contributed by atoms with van der Waals surface area (Å²) >= 11 is 0. The fourth-order valence-electron chi connectivity index (χ4n) is 3.97. The predicted octanol–water partition coefficient (Wildman–Crippen LogP) is 7.02. The number of unbranched alkanes of at least 4 members (excludes halogenated alkanes) is 11. The van der Waals surface area contributed by atoms with Crippen LogP contribution in [0.15, 0.2) is 28.7 Å². The van der Waals surface area contributed by atoms with Crippen LogP contribution in [-0.2, 0) is 9.53 Å². The van der Waals surface area contributed by atoms with Gasteiger partial charge in [0.2, 0.25) is 5.76 Å². The van der Waals surface area contributed by atoms with Gasteiger partial charge in [0, 0.05) is 12.8 Å². The van der Waals surface area contributed by atoms with Gasteiger partial charge in [0.15, 0.2) is 11.5 Å². The van der Waals surface area contributed by atoms with Crippen molar-refractivity contribution in [3.8, 4) is 0 Å². The Labute approximate surface area is 193 Å². The molecule has 1 heterocycles. The lowest BCUT2D eigenvalue weighted by atomic mass is 9.96. The Morgan fingerprint density at radius 3 is 1.75 bits per heavy atom. The van der Waals surface area contributed by atoms with Gasteiger partial charge in [-0.15, -0.1) is 0 Å². The van der Waals surface area contributed by atoms with E-state index in [1.54, 1.807) is 6.07 Å². The van der Waals surface area contributed by atoms with Gasteiger partial charge < -0.3 is 9.15 Å². The van der Waals surface area contributed by atoms with Gasteiger partial charge in [0.1, 0.15) is 5.78 Å². The molecule has 1 aliphatic rings. The Kier molecular flexibility index (Phi) is 12.7. The van der Waals surface area contributed by atoms with E-state index in [2.05, 4.69) is 4.74 Å². The van der Waals surface area contributed by atoms with E-state index in [0.717, 1.165) is 44.4 Å². The summed E-state index contributed by atoms with van der Waals surface area (Å²) in [7, 11) is 1.28. The average Bonchev–Trinajstić information content (AvgIpc) is 3.51. The molecule has 0 atom stereocenters. The Morgan fingerprint density at radius 2 is 1.25 bits per heavy atom. The van der Waals surface area contributed by atoms with E-state index in [0.29, 0.717) is 18.6 Å². The van der Waals surface area contributed by atoms with E-state index in [-0.39, 0.29) is 17.3 Å². The molecule has 0 unspecified atom stereocenters. The number of hydrogen-bond acceptors (Lipinski definition) is 5. The number of Topliss-reactive ketones (excluding diaryl/α,β-unsaturated/α-hetero) is 2. The minimum atomic E-state index is -0.564. The average molecular weight is 443 g/mol. The number of esters is 1. The van der Waals surface area contributed by atoms with Gasteiger partial charge in [0.05, 0.1) is 13.0 Å². The molecular formula is C27H38O5. The van der Waals surface area contributed by atoms with Gasteiger partial charge in [-0.2, -0.15) is 0 Å². The van der Waals surface area contributed by atoms with Crippen molar-refractivity contribution in [1.82, 2.24) is 0 Å². The van der Waals surface area contributed by atoms with Crippen LogP contribution >= 0.6 is 0 Å². The maximum absolute atomic E-state index is 12.1. The van der Waals surface area contributed by atoms with E-state index in [1.807, 2.05) is 18.6 Å². The van der Waals surface area contributed by atoms with Gasteiger partial charge in [-0.05, 0) is 37.8 Å². The number of ketones is 2. The molecule has 2 rings (SSSR count). The first-order valence-corrected chi connectivity index (χ1v) is 12.2. The summed E-state index contributed by atoms with van der Waals surface area (Å²) in [6.07, 6.45) is 22.0. The molecule has 0 aromatic carbocycles. The SMILES string of the molecule is COC(=O)c1ccc(C(=O)CCCCCCCCCCCCCCC(=O)[C]2[CH]C=CC2)o1. The summed E-state index contributed by atoms with van der Waals surface area (Å²) in [6.45, 7) is 0. The molecule has 0 N–H and O–H groups in total. The molecule has 0 fully saturated rings. The minimum absolute atomic E-state index is 0.0582. The Morgan fingerprint density at radius 1 is 0.750 bits per heavy atom. The van der Waals surface area contributed by atoms with E-state index >= 15 is 0 Å². The highest BCUT2D eigenvalue weighted by Crippen LogP contribution is 2.22. The molecule has 0 aliphatic heterocycles. The normalized spacial score (nSPS) is 13.5. The lowest BCUT2D eigenvalue weighted by Crippen LogP contribution is -2.08. The quantitative estimate of drug-likeness (QED) is 0.139. The summed E-state index contributed by atoms with van der Waals surface area (Å²) in [5.74, 6) is 0.987. The van der Waals surface area contributed by atoms with E-state index < -0.39 is 5.97 Å². The van der Waals surface area contributed by atoms with Crippen molar-refractivity contribution >= 4 is 17.5 Å².